The monoisotopic (exact) mass is 284 g/mol. The van der Waals surface area contributed by atoms with Gasteiger partial charge in [0, 0.05) is 11.6 Å². The van der Waals surface area contributed by atoms with Crippen molar-refractivity contribution in [2.45, 2.75) is 24.2 Å². The Balaban J connectivity index is 2.25. The second kappa shape index (κ2) is 5.18. The number of carbonyl (C=O) groups excluding carboxylic acids is 1. The van der Waals surface area contributed by atoms with Gasteiger partial charge in [-0.1, -0.05) is 6.42 Å². The fourth-order valence-electron chi connectivity index (χ4n) is 1.89. The highest BCUT2D eigenvalue weighted by atomic mass is 32.2. The predicted molar refractivity (Wildman–Crippen MR) is 70.3 cm³/mol. The Morgan fingerprint density at radius 1 is 1.42 bits per heavy atom. The van der Waals surface area contributed by atoms with Crippen LogP contribution in [0.25, 0.3) is 0 Å². The number of primary sulfonamides is 1. The van der Waals surface area contributed by atoms with Gasteiger partial charge in [-0.05, 0) is 31.0 Å². The molecule has 1 fully saturated rings. The van der Waals surface area contributed by atoms with Crippen molar-refractivity contribution < 1.29 is 17.9 Å². The van der Waals surface area contributed by atoms with Gasteiger partial charge >= 0.3 is 0 Å². The van der Waals surface area contributed by atoms with Crippen LogP contribution < -0.4 is 15.2 Å². The maximum absolute atomic E-state index is 11.8. The molecule has 104 valence electrons. The van der Waals surface area contributed by atoms with Crippen molar-refractivity contribution in [1.82, 2.24) is 0 Å². The maximum Gasteiger partial charge on any atom is 0.241 e. The minimum Gasteiger partial charge on any atom is -0.495 e. The van der Waals surface area contributed by atoms with E-state index in [0.717, 1.165) is 19.3 Å². The summed E-state index contributed by atoms with van der Waals surface area (Å²) in [6.07, 6.45) is 2.82. The van der Waals surface area contributed by atoms with Gasteiger partial charge in [0.15, 0.2) is 0 Å². The number of anilines is 1. The smallest absolute Gasteiger partial charge is 0.241 e. The molecule has 7 heteroatoms. The quantitative estimate of drug-likeness (QED) is 0.864. The highest BCUT2D eigenvalue weighted by molar-refractivity contribution is 7.89. The number of rotatable bonds is 4. The van der Waals surface area contributed by atoms with E-state index in [1.165, 1.54) is 19.2 Å². The van der Waals surface area contributed by atoms with Gasteiger partial charge in [-0.15, -0.1) is 0 Å². The second-order valence-electron chi connectivity index (χ2n) is 4.53. The molecule has 0 spiro atoms. The minimum atomic E-state index is -3.89. The van der Waals surface area contributed by atoms with Crippen molar-refractivity contribution >= 4 is 21.6 Å². The molecule has 1 aromatic carbocycles. The fraction of sp³-hybridized carbons (Fsp3) is 0.417. The lowest BCUT2D eigenvalue weighted by Crippen LogP contribution is -2.28. The van der Waals surface area contributed by atoms with Crippen LogP contribution in [-0.4, -0.2) is 21.4 Å². The number of carbonyl (C=O) groups is 1. The van der Waals surface area contributed by atoms with Crippen molar-refractivity contribution in [3.63, 3.8) is 0 Å². The van der Waals surface area contributed by atoms with Gasteiger partial charge in [0.2, 0.25) is 15.9 Å². The van der Waals surface area contributed by atoms with Gasteiger partial charge in [-0.2, -0.15) is 0 Å². The summed E-state index contributed by atoms with van der Waals surface area (Å²) in [6, 6.07) is 4.37. The molecule has 0 radical (unpaired) electrons. The molecule has 1 aliphatic carbocycles. The van der Waals surface area contributed by atoms with Crippen molar-refractivity contribution in [2.75, 3.05) is 12.4 Å². The molecule has 1 aliphatic rings. The molecule has 3 N–H and O–H groups in total. The molecule has 0 saturated heterocycles. The molecule has 0 aromatic heterocycles. The van der Waals surface area contributed by atoms with E-state index in [4.69, 9.17) is 9.88 Å². The molecule has 0 aliphatic heterocycles. The highest BCUT2D eigenvalue weighted by Crippen LogP contribution is 2.29. The topological polar surface area (TPSA) is 98.5 Å². The highest BCUT2D eigenvalue weighted by Gasteiger charge is 2.25. The van der Waals surface area contributed by atoms with Crippen molar-refractivity contribution in [1.29, 1.82) is 0 Å². The molecule has 1 aromatic rings. The number of nitrogens with two attached hydrogens (primary N) is 1. The third kappa shape index (κ3) is 3.05. The number of benzene rings is 1. The zero-order chi connectivity index (χ0) is 14.0. The van der Waals surface area contributed by atoms with E-state index in [1.807, 2.05) is 0 Å². The number of methoxy groups -OCH3 is 1. The summed E-state index contributed by atoms with van der Waals surface area (Å²) in [6.45, 7) is 0. The van der Waals surface area contributed by atoms with Crippen LogP contribution in [0.15, 0.2) is 23.1 Å². The van der Waals surface area contributed by atoms with Crippen molar-refractivity contribution in [2.24, 2.45) is 11.1 Å². The molecule has 0 unspecified atom stereocenters. The van der Waals surface area contributed by atoms with Crippen LogP contribution >= 0.6 is 0 Å². The fourth-order valence-corrected chi connectivity index (χ4v) is 2.61. The summed E-state index contributed by atoms with van der Waals surface area (Å²) in [7, 11) is -2.53. The summed E-state index contributed by atoms with van der Waals surface area (Å²) in [4.78, 5) is 11.6. The van der Waals surface area contributed by atoms with Crippen molar-refractivity contribution in [3.05, 3.63) is 18.2 Å². The Kier molecular flexibility index (Phi) is 3.77. The minimum absolute atomic E-state index is 0.0278. The normalized spacial score (nSPS) is 15.7. The van der Waals surface area contributed by atoms with E-state index in [-0.39, 0.29) is 22.5 Å². The van der Waals surface area contributed by atoms with Crippen LogP contribution in [0.2, 0.25) is 0 Å². The molecular formula is C12H16N2O4S. The standard InChI is InChI=1S/C12H16N2O4S/c1-18-10-6-5-9(7-11(10)19(13,16)17)14-12(15)8-3-2-4-8/h5-8H,2-4H2,1H3,(H,14,15)(H2,13,16,17). The zero-order valence-corrected chi connectivity index (χ0v) is 11.4. The Morgan fingerprint density at radius 2 is 2.11 bits per heavy atom. The van der Waals surface area contributed by atoms with Gasteiger partial charge in [0.1, 0.15) is 10.6 Å². The number of hydrogen-bond donors (Lipinski definition) is 2. The summed E-state index contributed by atoms with van der Waals surface area (Å²) in [5, 5.41) is 7.80. The number of hydrogen-bond acceptors (Lipinski definition) is 4. The number of sulfonamides is 1. The first kappa shape index (κ1) is 13.8. The molecule has 0 atom stereocenters. The predicted octanol–water partition coefficient (Wildman–Crippen LogP) is 1.08. The van der Waals surface area contributed by atoms with Crippen LogP contribution in [-0.2, 0) is 14.8 Å². The Morgan fingerprint density at radius 3 is 2.58 bits per heavy atom. The van der Waals surface area contributed by atoms with E-state index in [9.17, 15) is 13.2 Å². The Hall–Kier alpha value is -1.60. The average Bonchev–Trinajstić information content (AvgIpc) is 2.25. The van der Waals surface area contributed by atoms with Gasteiger partial charge < -0.3 is 10.1 Å². The van der Waals surface area contributed by atoms with Gasteiger partial charge in [0.05, 0.1) is 7.11 Å². The molecule has 1 amide bonds. The largest absolute Gasteiger partial charge is 0.495 e. The average molecular weight is 284 g/mol. The molecule has 2 rings (SSSR count). The Bertz CT molecular complexity index is 594. The van der Waals surface area contributed by atoms with E-state index < -0.39 is 10.0 Å². The number of ether oxygens (including phenoxy) is 1. The third-order valence-electron chi connectivity index (χ3n) is 3.21. The van der Waals surface area contributed by atoms with E-state index in [0.29, 0.717) is 5.69 Å². The first-order valence-corrected chi connectivity index (χ1v) is 7.48. The number of amides is 1. The van der Waals surface area contributed by atoms with Crippen LogP contribution in [0.1, 0.15) is 19.3 Å². The zero-order valence-electron chi connectivity index (χ0n) is 10.5. The molecule has 6 nitrogen and oxygen atoms in total. The molecule has 1 saturated carbocycles. The summed E-state index contributed by atoms with van der Waals surface area (Å²) in [5.74, 6) is 0.0981. The lowest BCUT2D eigenvalue weighted by Gasteiger charge is -2.24. The van der Waals surface area contributed by atoms with Crippen molar-refractivity contribution in [3.8, 4) is 5.75 Å². The lowest BCUT2D eigenvalue weighted by molar-refractivity contribution is -0.122. The lowest BCUT2D eigenvalue weighted by atomic mass is 9.85. The first-order chi connectivity index (χ1) is 8.91. The maximum atomic E-state index is 11.8. The van der Waals surface area contributed by atoms with Gasteiger partial charge in [-0.3, -0.25) is 4.79 Å². The summed E-state index contributed by atoms with van der Waals surface area (Å²) in [5.41, 5.74) is 0.404. The molecular weight excluding hydrogens is 268 g/mol. The Labute approximate surface area is 112 Å². The molecule has 0 heterocycles. The van der Waals surface area contributed by atoms with Crippen LogP contribution in [0.4, 0.5) is 5.69 Å². The summed E-state index contributed by atoms with van der Waals surface area (Å²) >= 11 is 0. The van der Waals surface area contributed by atoms with E-state index in [2.05, 4.69) is 5.32 Å². The van der Waals surface area contributed by atoms with Crippen LogP contribution in [0.3, 0.4) is 0 Å². The molecule has 0 bridgehead atoms. The van der Waals surface area contributed by atoms with E-state index in [1.54, 1.807) is 6.07 Å². The SMILES string of the molecule is COc1ccc(NC(=O)C2CCC2)cc1S(N)(=O)=O. The van der Waals surface area contributed by atoms with Gasteiger partial charge in [-0.25, -0.2) is 13.6 Å². The first-order valence-electron chi connectivity index (χ1n) is 5.93. The number of nitrogens with one attached hydrogen (secondary N) is 1. The van der Waals surface area contributed by atoms with Gasteiger partial charge in [0.25, 0.3) is 0 Å². The van der Waals surface area contributed by atoms with Crippen LogP contribution in [0, 0.1) is 5.92 Å². The van der Waals surface area contributed by atoms with Crippen LogP contribution in [0.5, 0.6) is 5.75 Å². The molecule has 19 heavy (non-hydrogen) atoms. The van der Waals surface area contributed by atoms with E-state index >= 15 is 0 Å². The summed E-state index contributed by atoms with van der Waals surface area (Å²) < 4.78 is 27.8. The second-order valence-corrected chi connectivity index (χ2v) is 6.06. The third-order valence-corrected chi connectivity index (χ3v) is 4.15.